The van der Waals surface area contributed by atoms with Crippen molar-refractivity contribution in [2.24, 2.45) is 10.9 Å². The van der Waals surface area contributed by atoms with Crippen LogP contribution in [0.5, 0.6) is 5.75 Å². The highest BCUT2D eigenvalue weighted by atomic mass is 127. The third-order valence-corrected chi connectivity index (χ3v) is 3.83. The molecule has 0 radical (unpaired) electrons. The smallest absolute Gasteiger partial charge is 0.243 e. The minimum Gasteiger partial charge on any atom is -0.497 e. The maximum atomic E-state index is 11.7. The molecule has 2 N–H and O–H groups in total. The van der Waals surface area contributed by atoms with Gasteiger partial charge in [-0.1, -0.05) is 19.1 Å². The van der Waals surface area contributed by atoms with E-state index in [1.54, 1.807) is 28.3 Å². The maximum Gasteiger partial charge on any atom is 0.243 e. The standard InChI is InChI=1S/C19H32N4O3.HI/c1-15(12-16-6-8-17(26-5)9-7-16)13-21-19(20-10-11-25-4)22-14-18(24)23(2)3;/h6-9,15H,10-14H2,1-5H3,(H2,20,21,22);1H. The summed E-state index contributed by atoms with van der Waals surface area (Å²) in [7, 11) is 6.76. The van der Waals surface area contributed by atoms with E-state index in [4.69, 9.17) is 9.47 Å². The molecule has 27 heavy (non-hydrogen) atoms. The largest absolute Gasteiger partial charge is 0.497 e. The molecule has 1 unspecified atom stereocenters. The van der Waals surface area contributed by atoms with Crippen LogP contribution in [0.1, 0.15) is 12.5 Å². The molecule has 1 amide bonds. The highest BCUT2D eigenvalue weighted by Gasteiger charge is 2.08. The fourth-order valence-corrected chi connectivity index (χ4v) is 2.24. The lowest BCUT2D eigenvalue weighted by atomic mass is 10.0. The predicted molar refractivity (Wildman–Crippen MR) is 120 cm³/mol. The summed E-state index contributed by atoms with van der Waals surface area (Å²) >= 11 is 0. The first-order chi connectivity index (χ1) is 12.5. The number of amides is 1. The van der Waals surface area contributed by atoms with E-state index in [9.17, 15) is 4.79 Å². The van der Waals surface area contributed by atoms with Crippen molar-refractivity contribution in [3.8, 4) is 5.75 Å². The first-order valence-electron chi connectivity index (χ1n) is 8.80. The van der Waals surface area contributed by atoms with Crippen molar-refractivity contribution in [3.63, 3.8) is 0 Å². The van der Waals surface area contributed by atoms with E-state index in [1.165, 1.54) is 10.5 Å². The highest BCUT2D eigenvalue weighted by molar-refractivity contribution is 14.0. The lowest BCUT2D eigenvalue weighted by Gasteiger charge is -2.17. The van der Waals surface area contributed by atoms with Gasteiger partial charge in [0.05, 0.1) is 13.7 Å². The van der Waals surface area contributed by atoms with Gasteiger partial charge in [0.1, 0.15) is 12.3 Å². The van der Waals surface area contributed by atoms with Gasteiger partial charge in [0.25, 0.3) is 0 Å². The van der Waals surface area contributed by atoms with Crippen molar-refractivity contribution in [2.45, 2.75) is 13.3 Å². The van der Waals surface area contributed by atoms with E-state index >= 15 is 0 Å². The number of benzene rings is 1. The minimum atomic E-state index is -0.0378. The first-order valence-corrected chi connectivity index (χ1v) is 8.80. The second-order valence-corrected chi connectivity index (χ2v) is 6.41. The van der Waals surface area contributed by atoms with Gasteiger partial charge in [-0.15, -0.1) is 24.0 Å². The minimum absolute atomic E-state index is 0. The number of methoxy groups -OCH3 is 2. The van der Waals surface area contributed by atoms with Gasteiger partial charge in [-0.05, 0) is 30.0 Å². The summed E-state index contributed by atoms with van der Waals surface area (Å²) in [5.41, 5.74) is 1.26. The van der Waals surface area contributed by atoms with Crippen LogP contribution in [-0.2, 0) is 16.0 Å². The Bertz CT molecular complexity index is 565. The summed E-state index contributed by atoms with van der Waals surface area (Å²) in [6, 6.07) is 8.11. The van der Waals surface area contributed by atoms with Gasteiger partial charge in [-0.3, -0.25) is 4.79 Å². The molecule has 7 nitrogen and oxygen atoms in total. The summed E-state index contributed by atoms with van der Waals surface area (Å²) in [5.74, 6) is 1.85. The molecule has 0 fully saturated rings. The molecule has 0 aliphatic heterocycles. The number of carbonyl (C=O) groups excluding carboxylic acids is 1. The number of halogens is 1. The predicted octanol–water partition coefficient (Wildman–Crippen LogP) is 1.76. The number of hydrogen-bond acceptors (Lipinski definition) is 4. The number of likely N-dealkylation sites (N-methyl/N-ethyl adjacent to an activating group) is 1. The van der Waals surface area contributed by atoms with Crippen molar-refractivity contribution in [1.29, 1.82) is 0 Å². The molecule has 0 aliphatic rings. The van der Waals surface area contributed by atoms with Gasteiger partial charge in [0, 0.05) is 34.3 Å². The molecule has 154 valence electrons. The average Bonchev–Trinajstić information content (AvgIpc) is 2.63. The molecule has 0 aliphatic carbocycles. The van der Waals surface area contributed by atoms with Crippen molar-refractivity contribution in [2.75, 3.05) is 54.6 Å². The monoisotopic (exact) mass is 492 g/mol. The summed E-state index contributed by atoms with van der Waals surface area (Å²) in [6.07, 6.45) is 0.943. The Labute approximate surface area is 179 Å². The molecule has 0 saturated heterocycles. The van der Waals surface area contributed by atoms with Gasteiger partial charge < -0.3 is 25.0 Å². The molecule has 0 heterocycles. The van der Waals surface area contributed by atoms with E-state index in [0.717, 1.165) is 18.7 Å². The van der Waals surface area contributed by atoms with Crippen molar-refractivity contribution < 1.29 is 14.3 Å². The Morgan fingerprint density at radius 1 is 1.19 bits per heavy atom. The normalized spacial score (nSPS) is 12.0. The quantitative estimate of drug-likeness (QED) is 0.226. The fraction of sp³-hybridized carbons (Fsp3) is 0.579. The second kappa shape index (κ2) is 14.5. The number of nitrogens with one attached hydrogen (secondary N) is 2. The van der Waals surface area contributed by atoms with Crippen LogP contribution in [0.4, 0.5) is 0 Å². The zero-order valence-electron chi connectivity index (χ0n) is 16.9. The molecular formula is C19H33IN4O3. The lowest BCUT2D eigenvalue weighted by Crippen LogP contribution is -2.42. The number of hydrogen-bond donors (Lipinski definition) is 2. The van der Waals surface area contributed by atoms with Crippen molar-refractivity contribution >= 4 is 35.8 Å². The van der Waals surface area contributed by atoms with Crippen LogP contribution in [-0.4, -0.2) is 71.3 Å². The summed E-state index contributed by atoms with van der Waals surface area (Å²) in [5, 5.41) is 6.48. The van der Waals surface area contributed by atoms with Gasteiger partial charge in [0.15, 0.2) is 5.96 Å². The number of guanidine groups is 1. The number of aliphatic imine (C=N–C) groups is 1. The second-order valence-electron chi connectivity index (χ2n) is 6.41. The number of rotatable bonds is 10. The van der Waals surface area contributed by atoms with Gasteiger partial charge in [0.2, 0.25) is 5.91 Å². The molecule has 8 heteroatoms. The summed E-state index contributed by atoms with van der Waals surface area (Å²) in [6.45, 7) is 4.24. The Morgan fingerprint density at radius 3 is 2.41 bits per heavy atom. The van der Waals surface area contributed by atoms with Gasteiger partial charge >= 0.3 is 0 Å². The molecule has 0 bridgehead atoms. The zero-order valence-corrected chi connectivity index (χ0v) is 19.3. The zero-order chi connectivity index (χ0) is 19.4. The van der Waals surface area contributed by atoms with Crippen LogP contribution in [0.25, 0.3) is 0 Å². The average molecular weight is 492 g/mol. The van der Waals surface area contributed by atoms with Crippen LogP contribution < -0.4 is 15.4 Å². The molecule has 1 aromatic carbocycles. The number of nitrogens with zero attached hydrogens (tertiary/aromatic N) is 2. The first kappa shape index (κ1) is 25.4. The van der Waals surface area contributed by atoms with Gasteiger partial charge in [-0.2, -0.15) is 0 Å². The Morgan fingerprint density at radius 2 is 1.85 bits per heavy atom. The van der Waals surface area contributed by atoms with Crippen molar-refractivity contribution in [1.82, 2.24) is 15.5 Å². The van der Waals surface area contributed by atoms with Crippen LogP contribution in [0, 0.1) is 5.92 Å². The molecular weight excluding hydrogens is 459 g/mol. The third kappa shape index (κ3) is 11.0. The molecule has 0 spiro atoms. The number of carbonyl (C=O) groups is 1. The molecule has 1 atom stereocenters. The van der Waals surface area contributed by atoms with Crippen LogP contribution in [0.2, 0.25) is 0 Å². The molecule has 0 aromatic heterocycles. The molecule has 0 saturated carbocycles. The molecule has 1 aromatic rings. The third-order valence-electron chi connectivity index (χ3n) is 3.83. The van der Waals surface area contributed by atoms with E-state index in [-0.39, 0.29) is 36.4 Å². The topological polar surface area (TPSA) is 75.2 Å². The van der Waals surface area contributed by atoms with Crippen molar-refractivity contribution in [3.05, 3.63) is 29.8 Å². The number of ether oxygens (including phenoxy) is 2. The highest BCUT2D eigenvalue weighted by Crippen LogP contribution is 2.14. The maximum absolute atomic E-state index is 11.7. The van der Waals surface area contributed by atoms with E-state index in [1.807, 2.05) is 12.1 Å². The SMILES string of the molecule is COCCNC(=NCC(=O)N(C)C)NCC(C)Cc1ccc(OC)cc1.I. The van der Waals surface area contributed by atoms with E-state index < -0.39 is 0 Å². The van der Waals surface area contributed by atoms with Crippen LogP contribution in [0.15, 0.2) is 29.3 Å². The lowest BCUT2D eigenvalue weighted by molar-refractivity contribution is -0.127. The summed E-state index contributed by atoms with van der Waals surface area (Å²) < 4.78 is 10.2. The fourth-order valence-electron chi connectivity index (χ4n) is 2.24. The Balaban J connectivity index is 0.00000676. The molecule has 1 rings (SSSR count). The summed E-state index contributed by atoms with van der Waals surface area (Å²) in [4.78, 5) is 17.6. The van der Waals surface area contributed by atoms with E-state index in [0.29, 0.717) is 25.0 Å². The van der Waals surface area contributed by atoms with Crippen LogP contribution >= 0.6 is 24.0 Å². The van der Waals surface area contributed by atoms with Crippen LogP contribution in [0.3, 0.4) is 0 Å². The Kier molecular flexibility index (Phi) is 13.7. The Hall–Kier alpha value is -1.55. The van der Waals surface area contributed by atoms with Gasteiger partial charge in [-0.25, -0.2) is 4.99 Å². The van der Waals surface area contributed by atoms with E-state index in [2.05, 4.69) is 34.7 Å².